The van der Waals surface area contributed by atoms with Crippen molar-refractivity contribution in [3.63, 3.8) is 0 Å². The number of carbonyl (C=O) groups excluding carboxylic acids is 2. The smallest absolute Gasteiger partial charge is 0.227 e. The van der Waals surface area contributed by atoms with Gasteiger partial charge in [0.05, 0.1) is 30.7 Å². The van der Waals surface area contributed by atoms with Crippen LogP contribution in [0.5, 0.6) is 5.75 Å². The van der Waals surface area contributed by atoms with Crippen LogP contribution in [0.3, 0.4) is 0 Å². The maximum atomic E-state index is 12.6. The van der Waals surface area contributed by atoms with Crippen molar-refractivity contribution < 1.29 is 14.3 Å². The van der Waals surface area contributed by atoms with Crippen molar-refractivity contribution in [1.29, 1.82) is 5.26 Å². The number of benzene rings is 2. The number of hydrogen-bond donors (Lipinski definition) is 1. The third-order valence-electron chi connectivity index (χ3n) is 4.78. The summed E-state index contributed by atoms with van der Waals surface area (Å²) in [5, 5.41) is 11.8. The highest BCUT2D eigenvalue weighted by Crippen LogP contribution is 2.27. The van der Waals surface area contributed by atoms with Crippen molar-refractivity contribution in [2.24, 2.45) is 5.92 Å². The van der Waals surface area contributed by atoms with E-state index in [4.69, 9.17) is 10.00 Å². The summed E-state index contributed by atoms with van der Waals surface area (Å²) in [5.74, 6) is 0.124. The summed E-state index contributed by atoms with van der Waals surface area (Å²) in [6.07, 6.45) is 0.192. The van der Waals surface area contributed by atoms with E-state index in [1.54, 1.807) is 36.3 Å². The predicted molar refractivity (Wildman–Crippen MR) is 101 cm³/mol. The molecule has 0 aliphatic carbocycles. The zero-order valence-electron chi connectivity index (χ0n) is 15.3. The molecule has 1 saturated heterocycles. The lowest BCUT2D eigenvalue weighted by Crippen LogP contribution is -2.34. The normalized spacial score (nSPS) is 17.3. The number of hydrogen-bond acceptors (Lipinski definition) is 4. The number of carbonyl (C=O) groups is 2. The van der Waals surface area contributed by atoms with Gasteiger partial charge in [0, 0.05) is 18.7 Å². The van der Waals surface area contributed by atoms with Gasteiger partial charge in [-0.15, -0.1) is 0 Å². The number of amides is 2. The van der Waals surface area contributed by atoms with Crippen LogP contribution in [0.2, 0.25) is 0 Å². The first-order chi connectivity index (χ1) is 13.0. The fourth-order valence-corrected chi connectivity index (χ4v) is 3.16. The van der Waals surface area contributed by atoms with Crippen LogP contribution in [0.15, 0.2) is 48.5 Å². The lowest BCUT2D eigenvalue weighted by Gasteiger charge is -2.19. The quantitative estimate of drug-likeness (QED) is 0.885. The molecule has 1 heterocycles. The molecule has 1 N–H and O–H groups in total. The highest BCUT2D eigenvalue weighted by atomic mass is 16.5. The summed E-state index contributed by atoms with van der Waals surface area (Å²) >= 11 is 0. The van der Waals surface area contributed by atoms with Gasteiger partial charge in [0.15, 0.2) is 0 Å². The van der Waals surface area contributed by atoms with Gasteiger partial charge >= 0.3 is 0 Å². The molecule has 0 spiro atoms. The Balaban J connectivity index is 1.63. The molecular formula is C21H21N3O3. The summed E-state index contributed by atoms with van der Waals surface area (Å²) in [6.45, 7) is 2.24. The second-order valence-corrected chi connectivity index (χ2v) is 6.57. The number of nitrogens with zero attached hydrogens (tertiary/aromatic N) is 2. The summed E-state index contributed by atoms with van der Waals surface area (Å²) < 4.78 is 5.13. The molecule has 2 atom stereocenters. The minimum Gasteiger partial charge on any atom is -0.497 e. The summed E-state index contributed by atoms with van der Waals surface area (Å²) in [6, 6.07) is 16.2. The topological polar surface area (TPSA) is 82.4 Å². The molecule has 2 unspecified atom stereocenters. The van der Waals surface area contributed by atoms with Gasteiger partial charge in [0.1, 0.15) is 5.75 Å². The van der Waals surface area contributed by atoms with Crippen molar-refractivity contribution in [2.45, 2.75) is 19.4 Å². The SMILES string of the molecule is COc1ccc(N2CC(C(=O)NC(C)c3ccc(C#N)cc3)CC2=O)cc1. The lowest BCUT2D eigenvalue weighted by atomic mass is 10.0. The van der Waals surface area contributed by atoms with Crippen molar-refractivity contribution in [2.75, 3.05) is 18.6 Å². The van der Waals surface area contributed by atoms with Gasteiger partial charge in [-0.2, -0.15) is 5.26 Å². The predicted octanol–water partition coefficient (Wildman–Crippen LogP) is 2.80. The first-order valence-corrected chi connectivity index (χ1v) is 8.76. The summed E-state index contributed by atoms with van der Waals surface area (Å²) in [4.78, 5) is 26.6. The molecule has 0 bridgehead atoms. The van der Waals surface area contributed by atoms with Crippen molar-refractivity contribution in [3.8, 4) is 11.8 Å². The van der Waals surface area contributed by atoms with E-state index < -0.39 is 0 Å². The molecule has 2 amide bonds. The van der Waals surface area contributed by atoms with Gasteiger partial charge in [0.25, 0.3) is 0 Å². The van der Waals surface area contributed by atoms with E-state index in [2.05, 4.69) is 11.4 Å². The van der Waals surface area contributed by atoms with E-state index in [-0.39, 0.29) is 30.2 Å². The van der Waals surface area contributed by atoms with Crippen LogP contribution in [0, 0.1) is 17.2 Å². The first kappa shape index (κ1) is 18.5. The van der Waals surface area contributed by atoms with Crippen LogP contribution in [-0.4, -0.2) is 25.5 Å². The minimum atomic E-state index is -0.388. The van der Waals surface area contributed by atoms with Gasteiger partial charge < -0.3 is 15.0 Å². The van der Waals surface area contributed by atoms with E-state index in [1.807, 2.05) is 31.2 Å². The molecule has 1 aliphatic heterocycles. The maximum absolute atomic E-state index is 12.6. The third-order valence-corrected chi connectivity index (χ3v) is 4.78. The molecule has 1 fully saturated rings. The third kappa shape index (κ3) is 4.09. The largest absolute Gasteiger partial charge is 0.497 e. The van der Waals surface area contributed by atoms with E-state index in [1.165, 1.54) is 0 Å². The zero-order valence-corrected chi connectivity index (χ0v) is 15.3. The second-order valence-electron chi connectivity index (χ2n) is 6.57. The van der Waals surface area contributed by atoms with Gasteiger partial charge in [-0.05, 0) is 48.9 Å². The number of rotatable bonds is 5. The number of nitriles is 1. The minimum absolute atomic E-state index is 0.0636. The van der Waals surface area contributed by atoms with Gasteiger partial charge in [0.2, 0.25) is 11.8 Å². The fourth-order valence-electron chi connectivity index (χ4n) is 3.16. The Morgan fingerprint density at radius 2 is 1.89 bits per heavy atom. The molecule has 6 heteroatoms. The molecule has 27 heavy (non-hydrogen) atoms. The standard InChI is InChI=1S/C21H21N3O3/c1-14(16-5-3-15(12-22)4-6-16)23-21(26)17-11-20(25)24(13-17)18-7-9-19(27-2)10-8-18/h3-10,14,17H,11,13H2,1-2H3,(H,23,26). The van der Waals surface area contributed by atoms with Crippen LogP contribution in [-0.2, 0) is 9.59 Å². The Hall–Kier alpha value is -3.33. The van der Waals surface area contributed by atoms with Crippen LogP contribution in [0.25, 0.3) is 0 Å². The molecule has 6 nitrogen and oxygen atoms in total. The molecule has 0 aromatic heterocycles. The van der Waals surface area contributed by atoms with Gasteiger partial charge in [-0.25, -0.2) is 0 Å². The average Bonchev–Trinajstić information content (AvgIpc) is 3.10. The Morgan fingerprint density at radius 3 is 2.48 bits per heavy atom. The molecular weight excluding hydrogens is 342 g/mol. The highest BCUT2D eigenvalue weighted by Gasteiger charge is 2.35. The number of ether oxygens (including phenoxy) is 1. The summed E-state index contributed by atoms with van der Waals surface area (Å²) in [7, 11) is 1.59. The van der Waals surface area contributed by atoms with E-state index >= 15 is 0 Å². The van der Waals surface area contributed by atoms with E-state index in [0.29, 0.717) is 12.1 Å². The Labute approximate surface area is 158 Å². The zero-order chi connectivity index (χ0) is 19.4. The average molecular weight is 363 g/mol. The van der Waals surface area contributed by atoms with Gasteiger partial charge in [-0.1, -0.05) is 12.1 Å². The van der Waals surface area contributed by atoms with Crippen molar-refractivity contribution in [3.05, 3.63) is 59.7 Å². The van der Waals surface area contributed by atoms with E-state index in [0.717, 1.165) is 17.0 Å². The van der Waals surface area contributed by atoms with Crippen LogP contribution < -0.4 is 15.0 Å². The Bertz CT molecular complexity index is 869. The van der Waals surface area contributed by atoms with Crippen LogP contribution in [0.4, 0.5) is 5.69 Å². The monoisotopic (exact) mass is 363 g/mol. The molecule has 2 aromatic carbocycles. The van der Waals surface area contributed by atoms with Crippen LogP contribution >= 0.6 is 0 Å². The second kappa shape index (κ2) is 7.92. The molecule has 0 radical (unpaired) electrons. The van der Waals surface area contributed by atoms with E-state index in [9.17, 15) is 9.59 Å². The Morgan fingerprint density at radius 1 is 1.22 bits per heavy atom. The molecule has 0 saturated carbocycles. The molecule has 3 rings (SSSR count). The maximum Gasteiger partial charge on any atom is 0.227 e. The molecule has 138 valence electrons. The van der Waals surface area contributed by atoms with Crippen molar-refractivity contribution in [1.82, 2.24) is 5.32 Å². The fraction of sp³-hybridized carbons (Fsp3) is 0.286. The van der Waals surface area contributed by atoms with Gasteiger partial charge in [-0.3, -0.25) is 9.59 Å². The number of nitrogens with one attached hydrogen (secondary N) is 1. The highest BCUT2D eigenvalue weighted by molar-refractivity contribution is 6.00. The first-order valence-electron chi connectivity index (χ1n) is 8.76. The lowest BCUT2D eigenvalue weighted by molar-refractivity contribution is -0.126. The van der Waals surface area contributed by atoms with Crippen LogP contribution in [0.1, 0.15) is 30.5 Å². The number of anilines is 1. The van der Waals surface area contributed by atoms with Crippen molar-refractivity contribution >= 4 is 17.5 Å². The molecule has 1 aliphatic rings. The number of methoxy groups -OCH3 is 1. The molecule has 2 aromatic rings. The summed E-state index contributed by atoms with van der Waals surface area (Å²) in [5.41, 5.74) is 2.25. The Kier molecular flexibility index (Phi) is 5.41.